The Bertz CT molecular complexity index is 605. The summed E-state index contributed by atoms with van der Waals surface area (Å²) in [6.45, 7) is 0.641. The molecule has 0 radical (unpaired) electrons. The van der Waals surface area contributed by atoms with Crippen LogP contribution in [-0.2, 0) is 6.54 Å². The molecule has 3 N–H and O–H groups in total. The predicted octanol–water partition coefficient (Wildman–Crippen LogP) is 2.00. The number of thiocarbonyl (C=S) groups is 1. The molecule has 0 aliphatic rings. The Labute approximate surface area is 129 Å². The van der Waals surface area contributed by atoms with Gasteiger partial charge in [-0.3, -0.25) is 0 Å². The highest BCUT2D eigenvalue weighted by molar-refractivity contribution is 7.80. The molecule has 0 saturated heterocycles. The molecule has 0 bridgehead atoms. The molecule has 21 heavy (non-hydrogen) atoms. The highest BCUT2D eigenvalue weighted by atomic mass is 32.1. The van der Waals surface area contributed by atoms with E-state index in [1.54, 1.807) is 20.3 Å². The van der Waals surface area contributed by atoms with Crippen LogP contribution in [0.15, 0.2) is 42.7 Å². The Kier molecular flexibility index (Phi) is 5.34. The van der Waals surface area contributed by atoms with Gasteiger partial charge in [-0.05, 0) is 30.4 Å². The number of rotatable bonds is 5. The van der Waals surface area contributed by atoms with E-state index >= 15 is 0 Å². The maximum Gasteiger partial charge on any atom is 0.171 e. The molecular weight excluding hydrogens is 286 g/mol. The second-order valence-corrected chi connectivity index (χ2v) is 4.69. The van der Waals surface area contributed by atoms with Crippen LogP contribution in [0.25, 0.3) is 0 Å². The second kappa shape index (κ2) is 7.44. The molecule has 1 aromatic carbocycles. The summed E-state index contributed by atoms with van der Waals surface area (Å²) < 4.78 is 10.5. The van der Waals surface area contributed by atoms with Gasteiger partial charge in [0, 0.05) is 24.2 Å². The molecule has 1 aromatic heterocycles. The van der Waals surface area contributed by atoms with Gasteiger partial charge in [-0.15, -0.1) is 0 Å². The van der Waals surface area contributed by atoms with Gasteiger partial charge in [0.1, 0.15) is 11.5 Å². The summed E-state index contributed by atoms with van der Waals surface area (Å²) in [6, 6.07) is 9.47. The van der Waals surface area contributed by atoms with Crippen molar-refractivity contribution < 1.29 is 14.5 Å². The van der Waals surface area contributed by atoms with Crippen LogP contribution in [0.3, 0.4) is 0 Å². The summed E-state index contributed by atoms with van der Waals surface area (Å²) in [5.74, 6) is 1.41. The van der Waals surface area contributed by atoms with Gasteiger partial charge >= 0.3 is 0 Å². The lowest BCUT2D eigenvalue weighted by Gasteiger charge is -2.14. The number of anilines is 1. The van der Waals surface area contributed by atoms with Gasteiger partial charge in [0.15, 0.2) is 17.5 Å². The van der Waals surface area contributed by atoms with Crippen molar-refractivity contribution in [3.05, 3.63) is 48.3 Å². The van der Waals surface area contributed by atoms with Gasteiger partial charge < -0.3 is 20.1 Å². The Morgan fingerprint density at radius 2 is 2.10 bits per heavy atom. The van der Waals surface area contributed by atoms with Crippen molar-refractivity contribution in [2.45, 2.75) is 6.54 Å². The second-order valence-electron chi connectivity index (χ2n) is 4.29. The quantitative estimate of drug-likeness (QED) is 0.828. The van der Waals surface area contributed by atoms with Crippen molar-refractivity contribution in [3.63, 3.8) is 0 Å². The van der Waals surface area contributed by atoms with E-state index in [0.717, 1.165) is 17.0 Å². The number of nitrogens with one attached hydrogen (secondary N) is 3. The van der Waals surface area contributed by atoms with Gasteiger partial charge in [-0.25, -0.2) is 4.98 Å². The first-order chi connectivity index (χ1) is 10.2. The highest BCUT2D eigenvalue weighted by Gasteiger charge is 2.06. The number of aromatic amines is 1. The topological polar surface area (TPSA) is 56.7 Å². The number of hydrogen-bond donors (Lipinski definition) is 2. The first-order valence-corrected chi connectivity index (χ1v) is 6.85. The van der Waals surface area contributed by atoms with Crippen LogP contribution in [0.5, 0.6) is 11.5 Å². The molecule has 0 aliphatic carbocycles. The lowest BCUT2D eigenvalue weighted by Crippen LogP contribution is -2.28. The molecule has 110 valence electrons. The number of pyridine rings is 1. The molecule has 2 rings (SSSR count). The SMILES string of the molecule is COc1ccc(NC(=S)NCc2ccc[nH+]c2)c(OC)c1. The number of ether oxygens (including phenoxy) is 2. The van der Waals surface area contributed by atoms with Crippen LogP contribution < -0.4 is 25.1 Å². The molecule has 0 atom stereocenters. The van der Waals surface area contributed by atoms with Crippen molar-refractivity contribution in [1.82, 2.24) is 5.32 Å². The average Bonchev–Trinajstić information content (AvgIpc) is 2.54. The standard InChI is InChI=1S/C15H17N3O2S/c1-19-12-5-6-13(14(8-12)20-2)18-15(21)17-10-11-4-3-7-16-9-11/h3-9H,10H2,1-2H3,(H2,17,18,21)/p+1. The molecular formula is C15H18N3O2S+. The van der Waals surface area contributed by atoms with Gasteiger partial charge in [-0.1, -0.05) is 0 Å². The number of benzene rings is 1. The molecule has 0 saturated carbocycles. The normalized spacial score (nSPS) is 9.81. The van der Waals surface area contributed by atoms with Gasteiger partial charge in [0.2, 0.25) is 0 Å². The van der Waals surface area contributed by atoms with Gasteiger partial charge in [-0.2, -0.15) is 0 Å². The molecule has 0 aliphatic heterocycles. The fourth-order valence-corrected chi connectivity index (χ4v) is 1.97. The fraction of sp³-hybridized carbons (Fsp3) is 0.200. The Balaban J connectivity index is 1.96. The smallest absolute Gasteiger partial charge is 0.171 e. The van der Waals surface area contributed by atoms with E-state index in [1.807, 2.05) is 36.7 Å². The Hall–Kier alpha value is -2.34. The molecule has 6 heteroatoms. The molecule has 0 unspecified atom stereocenters. The monoisotopic (exact) mass is 304 g/mol. The third-order valence-electron chi connectivity index (χ3n) is 2.88. The molecule has 0 amide bonds. The third-order valence-corrected chi connectivity index (χ3v) is 3.13. The molecule has 5 nitrogen and oxygen atoms in total. The van der Waals surface area contributed by atoms with Crippen molar-refractivity contribution in [3.8, 4) is 11.5 Å². The molecule has 2 aromatic rings. The predicted molar refractivity (Wildman–Crippen MR) is 85.6 cm³/mol. The van der Waals surface area contributed by atoms with E-state index in [-0.39, 0.29) is 0 Å². The van der Waals surface area contributed by atoms with Gasteiger partial charge in [0.25, 0.3) is 0 Å². The summed E-state index contributed by atoms with van der Waals surface area (Å²) in [4.78, 5) is 3.03. The van der Waals surface area contributed by atoms with Crippen LogP contribution in [0.4, 0.5) is 5.69 Å². The Morgan fingerprint density at radius 3 is 2.76 bits per heavy atom. The highest BCUT2D eigenvalue weighted by Crippen LogP contribution is 2.28. The summed E-state index contributed by atoms with van der Waals surface area (Å²) in [6.07, 6.45) is 3.78. The van der Waals surface area contributed by atoms with Crippen LogP contribution >= 0.6 is 12.2 Å². The van der Waals surface area contributed by atoms with Crippen LogP contribution in [0, 0.1) is 0 Å². The third kappa shape index (κ3) is 4.32. The minimum atomic E-state index is 0.530. The fourth-order valence-electron chi connectivity index (χ4n) is 1.79. The summed E-state index contributed by atoms with van der Waals surface area (Å²) in [7, 11) is 3.22. The molecule has 0 spiro atoms. The maximum atomic E-state index is 5.32. The zero-order chi connectivity index (χ0) is 15.1. The zero-order valence-corrected chi connectivity index (χ0v) is 12.8. The first kappa shape index (κ1) is 15.1. The number of H-pyrrole nitrogens is 1. The lowest BCUT2D eigenvalue weighted by molar-refractivity contribution is -0.378. The summed E-state index contributed by atoms with van der Waals surface area (Å²) >= 11 is 5.28. The largest absolute Gasteiger partial charge is 0.497 e. The van der Waals surface area contributed by atoms with Crippen LogP contribution in [0.2, 0.25) is 0 Å². The van der Waals surface area contributed by atoms with Crippen LogP contribution in [0.1, 0.15) is 5.56 Å². The van der Waals surface area contributed by atoms with Crippen LogP contribution in [-0.4, -0.2) is 19.3 Å². The van der Waals surface area contributed by atoms with E-state index in [9.17, 15) is 0 Å². The zero-order valence-electron chi connectivity index (χ0n) is 12.0. The van der Waals surface area contributed by atoms with Crippen molar-refractivity contribution in [2.24, 2.45) is 0 Å². The van der Waals surface area contributed by atoms with Crippen molar-refractivity contribution >= 4 is 23.0 Å². The molecule has 0 fully saturated rings. The van der Waals surface area contributed by atoms with Crippen molar-refractivity contribution in [1.29, 1.82) is 0 Å². The maximum absolute atomic E-state index is 5.32. The first-order valence-electron chi connectivity index (χ1n) is 6.45. The van der Waals surface area contributed by atoms with E-state index in [4.69, 9.17) is 21.7 Å². The van der Waals surface area contributed by atoms with Gasteiger partial charge in [0.05, 0.1) is 19.9 Å². The van der Waals surface area contributed by atoms with E-state index < -0.39 is 0 Å². The summed E-state index contributed by atoms with van der Waals surface area (Å²) in [5.41, 5.74) is 1.90. The Morgan fingerprint density at radius 1 is 1.24 bits per heavy atom. The van der Waals surface area contributed by atoms with E-state index in [1.165, 1.54) is 0 Å². The number of methoxy groups -OCH3 is 2. The lowest BCUT2D eigenvalue weighted by atomic mass is 10.2. The minimum Gasteiger partial charge on any atom is -0.497 e. The number of hydrogen-bond acceptors (Lipinski definition) is 3. The van der Waals surface area contributed by atoms with Crippen molar-refractivity contribution in [2.75, 3.05) is 19.5 Å². The van der Waals surface area contributed by atoms with E-state index in [0.29, 0.717) is 17.4 Å². The summed E-state index contributed by atoms with van der Waals surface area (Å²) in [5, 5.41) is 6.78. The van der Waals surface area contributed by atoms with E-state index in [2.05, 4.69) is 15.6 Å². The minimum absolute atomic E-state index is 0.530. The average molecular weight is 304 g/mol. The number of aromatic nitrogens is 1. The molecule has 1 heterocycles.